The lowest BCUT2D eigenvalue weighted by Crippen LogP contribution is -2.39. The first-order chi connectivity index (χ1) is 26.4. The monoisotopic (exact) mass is 739 g/mol. The number of carbonyl (C=O) groups is 1. The predicted octanol–water partition coefficient (Wildman–Crippen LogP) is 9.18. The van der Waals surface area contributed by atoms with E-state index in [1.165, 1.54) is 18.0 Å². The Morgan fingerprint density at radius 1 is 0.778 bits per heavy atom. The fraction of sp³-hybridized carbons (Fsp3) is 0.182. The van der Waals surface area contributed by atoms with E-state index in [4.69, 9.17) is 14.2 Å². The number of thioether (sulfide) groups is 1. The highest BCUT2D eigenvalue weighted by Gasteiger charge is 2.38. The van der Waals surface area contributed by atoms with Crippen LogP contribution in [-0.4, -0.2) is 23.0 Å². The lowest BCUT2D eigenvalue weighted by atomic mass is 9.91. The average Bonchev–Trinajstić information content (AvgIpc) is 3.21. The Bertz CT molecular complexity index is 2130. The summed E-state index contributed by atoms with van der Waals surface area (Å²) in [6.07, 6.45) is 0.414. The molecule has 10 heteroatoms. The molecule has 2 heterocycles. The van der Waals surface area contributed by atoms with Crippen molar-refractivity contribution < 1.29 is 28.8 Å². The van der Waals surface area contributed by atoms with Gasteiger partial charge in [-0.3, -0.25) is 0 Å². The van der Waals surface area contributed by atoms with Gasteiger partial charge in [0.05, 0.1) is 18.8 Å². The van der Waals surface area contributed by atoms with E-state index < -0.39 is 6.29 Å². The van der Waals surface area contributed by atoms with Crippen LogP contribution in [0, 0.1) is 11.1 Å². The molecule has 1 aliphatic heterocycles. The second-order valence-corrected chi connectivity index (χ2v) is 14.1. The van der Waals surface area contributed by atoms with Crippen molar-refractivity contribution >= 4 is 23.5 Å². The molecule has 0 unspecified atom stereocenters. The van der Waals surface area contributed by atoms with Crippen LogP contribution in [0.5, 0.6) is 11.5 Å². The molecule has 1 aliphatic rings. The quantitative estimate of drug-likeness (QED) is 0.0651. The summed E-state index contributed by atoms with van der Waals surface area (Å²) < 4.78 is 19.9. The summed E-state index contributed by atoms with van der Waals surface area (Å²) in [5.74, 6) is 2.00. The number of hydrogen-bond donors (Lipinski definition) is 3. The van der Waals surface area contributed by atoms with Crippen LogP contribution < -0.4 is 20.1 Å². The van der Waals surface area contributed by atoms with Crippen molar-refractivity contribution in [2.45, 2.75) is 43.6 Å². The maximum Gasteiger partial charge on any atom is 0.319 e. The van der Waals surface area contributed by atoms with E-state index in [9.17, 15) is 15.1 Å². The normalized spacial score (nSPS) is 18.1. The number of rotatable bonds is 12. The highest BCUT2D eigenvalue weighted by molar-refractivity contribution is 7.99. The van der Waals surface area contributed by atoms with Gasteiger partial charge >= 0.3 is 6.03 Å². The lowest BCUT2D eigenvalue weighted by molar-refractivity contribution is -0.645. The second-order valence-electron chi connectivity index (χ2n) is 13.1. The van der Waals surface area contributed by atoms with Gasteiger partial charge in [-0.2, -0.15) is 4.73 Å². The Kier molecular flexibility index (Phi) is 11.9. The van der Waals surface area contributed by atoms with Gasteiger partial charge in [0.2, 0.25) is 0 Å². The summed E-state index contributed by atoms with van der Waals surface area (Å²) in [6.45, 7) is 2.43. The molecule has 54 heavy (non-hydrogen) atoms. The first-order valence-electron chi connectivity index (χ1n) is 17.8. The third kappa shape index (κ3) is 9.28. The Morgan fingerprint density at radius 3 is 2.24 bits per heavy atom. The number of anilines is 1. The number of amides is 2. The van der Waals surface area contributed by atoms with E-state index in [1.54, 1.807) is 18.2 Å². The summed E-state index contributed by atoms with van der Waals surface area (Å²) in [6, 6.07) is 45.8. The van der Waals surface area contributed by atoms with E-state index in [1.807, 2.05) is 121 Å². The molecule has 2 amide bonds. The van der Waals surface area contributed by atoms with Crippen molar-refractivity contribution in [2.75, 3.05) is 11.1 Å². The van der Waals surface area contributed by atoms with Crippen molar-refractivity contribution in [3.8, 4) is 22.6 Å². The van der Waals surface area contributed by atoms with E-state index >= 15 is 0 Å². The van der Waals surface area contributed by atoms with Gasteiger partial charge in [0.25, 0.3) is 5.03 Å². The lowest BCUT2D eigenvalue weighted by Gasteiger charge is -2.41. The highest BCUT2D eigenvalue weighted by Crippen LogP contribution is 2.43. The largest absolute Gasteiger partial charge is 0.618 e. The number of aliphatic hydroxyl groups excluding tert-OH is 1. The average molecular weight is 740 g/mol. The van der Waals surface area contributed by atoms with Gasteiger partial charge in [-0.25, -0.2) is 4.79 Å². The molecule has 0 aliphatic carbocycles. The minimum atomic E-state index is -0.625. The first kappa shape index (κ1) is 36.7. The molecule has 1 saturated heterocycles. The third-order valence-electron chi connectivity index (χ3n) is 9.29. The number of aliphatic hydroxyl groups is 1. The van der Waals surface area contributed by atoms with Crippen molar-refractivity contribution in [3.63, 3.8) is 0 Å². The van der Waals surface area contributed by atoms with Gasteiger partial charge in [0.15, 0.2) is 12.5 Å². The molecule has 7 rings (SSSR count). The minimum Gasteiger partial charge on any atom is -0.618 e. The number of aromatic nitrogens is 1. The Balaban J connectivity index is 0.990. The topological polar surface area (TPSA) is 116 Å². The smallest absolute Gasteiger partial charge is 0.319 e. The van der Waals surface area contributed by atoms with Gasteiger partial charge in [0, 0.05) is 41.6 Å². The summed E-state index contributed by atoms with van der Waals surface area (Å²) >= 11 is 1.47. The van der Waals surface area contributed by atoms with Crippen LogP contribution in [0.15, 0.2) is 157 Å². The number of pyridine rings is 1. The minimum absolute atomic E-state index is 0.00433. The zero-order valence-corrected chi connectivity index (χ0v) is 30.5. The highest BCUT2D eigenvalue weighted by atomic mass is 32.2. The second kappa shape index (κ2) is 17.5. The molecule has 0 bridgehead atoms. The Hall–Kier alpha value is -5.65. The van der Waals surface area contributed by atoms with Crippen molar-refractivity contribution in [3.05, 3.63) is 179 Å². The molecule has 4 atom stereocenters. The number of benzene rings is 5. The molecule has 1 fully saturated rings. The van der Waals surface area contributed by atoms with E-state index in [0.717, 1.165) is 43.9 Å². The van der Waals surface area contributed by atoms with E-state index in [-0.39, 0.29) is 30.8 Å². The standard InChI is InChI=1S/C44H41N3O6S/c1-30-40(29-54-41-12-5-6-25-47(41)50)52-43(53-42(30)34-15-13-31(28-48)14-16-34)35-19-17-33(18-20-35)36-9-7-8-32(26-36)27-45-44(49)46-37-21-23-39(24-22-37)51-38-10-3-2-4-11-38/h2-26,30,40,42-43,48H,27-29H2,1H3,(H2,45,46,49)/t30-,40+,42+,43+/m0/s1. The van der Waals surface area contributed by atoms with Crippen LogP contribution in [0.4, 0.5) is 10.5 Å². The van der Waals surface area contributed by atoms with Crippen LogP contribution in [0.3, 0.4) is 0 Å². The molecule has 9 nitrogen and oxygen atoms in total. The van der Waals surface area contributed by atoms with Crippen LogP contribution in [0.25, 0.3) is 11.1 Å². The number of carbonyl (C=O) groups excluding carboxylic acids is 1. The fourth-order valence-electron chi connectivity index (χ4n) is 6.28. The molecular formula is C44H41N3O6S. The van der Waals surface area contributed by atoms with E-state index in [0.29, 0.717) is 28.8 Å². The summed E-state index contributed by atoms with van der Waals surface area (Å²) in [5.41, 5.74) is 6.36. The Morgan fingerprint density at radius 2 is 1.50 bits per heavy atom. The Labute approximate surface area is 319 Å². The van der Waals surface area contributed by atoms with Crippen molar-refractivity contribution in [1.82, 2.24) is 5.32 Å². The summed E-state index contributed by atoms with van der Waals surface area (Å²) in [7, 11) is 0. The maximum absolute atomic E-state index is 12.7. The summed E-state index contributed by atoms with van der Waals surface area (Å²) in [5, 5.41) is 28.4. The fourth-order valence-corrected chi connectivity index (χ4v) is 7.36. The molecular weight excluding hydrogens is 699 g/mol. The van der Waals surface area contributed by atoms with Crippen molar-refractivity contribution in [1.29, 1.82) is 0 Å². The number of hydrogen-bond acceptors (Lipinski definition) is 7. The molecule has 1 aromatic heterocycles. The molecule has 5 aromatic carbocycles. The van der Waals surface area contributed by atoms with Gasteiger partial charge in [0.1, 0.15) is 11.5 Å². The third-order valence-corrected chi connectivity index (χ3v) is 10.4. The van der Waals surface area contributed by atoms with Gasteiger partial charge in [-0.15, -0.1) is 0 Å². The van der Waals surface area contributed by atoms with Crippen LogP contribution in [0.2, 0.25) is 0 Å². The molecule has 0 spiro atoms. The van der Waals surface area contributed by atoms with Crippen LogP contribution in [0.1, 0.15) is 41.6 Å². The van der Waals surface area contributed by atoms with Gasteiger partial charge < -0.3 is 35.2 Å². The number of para-hydroxylation sites is 1. The maximum atomic E-state index is 12.7. The number of nitrogens with zero attached hydrogens (tertiary/aromatic N) is 1. The molecule has 0 radical (unpaired) electrons. The SMILES string of the molecule is C[C@H]1[C@@H](CSc2cccc[n+]2[O-])O[C@@H](c2ccc(-c3cccc(CNC(=O)Nc4ccc(Oc5ccccc5)cc4)c3)cc2)O[C@H]1c1ccc(CO)cc1. The summed E-state index contributed by atoms with van der Waals surface area (Å²) in [4.78, 5) is 12.7. The zero-order valence-electron chi connectivity index (χ0n) is 29.7. The number of ether oxygens (including phenoxy) is 3. The van der Waals surface area contributed by atoms with Gasteiger partial charge in [-0.05, 0) is 76.3 Å². The number of urea groups is 1. The molecule has 6 aromatic rings. The predicted molar refractivity (Wildman–Crippen MR) is 210 cm³/mol. The first-order valence-corrected chi connectivity index (χ1v) is 18.8. The zero-order chi connectivity index (χ0) is 37.3. The molecule has 3 N–H and O–H groups in total. The van der Waals surface area contributed by atoms with Crippen molar-refractivity contribution in [2.24, 2.45) is 5.92 Å². The van der Waals surface area contributed by atoms with Gasteiger partial charge in [-0.1, -0.05) is 104 Å². The number of nitrogens with one attached hydrogen (secondary N) is 2. The van der Waals surface area contributed by atoms with Crippen LogP contribution >= 0.6 is 11.8 Å². The van der Waals surface area contributed by atoms with E-state index in [2.05, 4.69) is 23.6 Å². The molecule has 0 saturated carbocycles. The molecule has 274 valence electrons. The van der Waals surface area contributed by atoms with Crippen LogP contribution in [-0.2, 0) is 22.6 Å².